The molecule has 10 nitrogen and oxygen atoms in total. The second-order valence-electron chi connectivity index (χ2n) is 6.95. The molecular weight excluding hydrogens is 406 g/mol. The smallest absolute Gasteiger partial charge is 0.398 e. The molecule has 0 spiro atoms. The lowest BCUT2D eigenvalue weighted by atomic mass is 10.0. The molecule has 1 atom stereocenters. The van der Waals surface area contributed by atoms with Crippen molar-refractivity contribution in [3.05, 3.63) is 0 Å². The first-order chi connectivity index (χ1) is 13.6. The van der Waals surface area contributed by atoms with E-state index in [0.29, 0.717) is 12.8 Å². The molecule has 0 saturated carbocycles. The van der Waals surface area contributed by atoms with Gasteiger partial charge in [0.05, 0.1) is 0 Å². The van der Waals surface area contributed by atoms with Crippen LogP contribution in [0.5, 0.6) is 0 Å². The summed E-state index contributed by atoms with van der Waals surface area (Å²) in [7, 11) is -4.77. The first kappa shape index (κ1) is 27.3. The van der Waals surface area contributed by atoms with Gasteiger partial charge in [-0.15, -0.1) is 0 Å². The van der Waals surface area contributed by atoms with Gasteiger partial charge in [-0.05, 0) is 12.8 Å². The Balaban J connectivity index is 3.46. The Morgan fingerprint density at radius 3 is 1.66 bits per heavy atom. The number of hydrogen-bond donors (Lipinski definition) is 4. The minimum Gasteiger partial charge on any atom is -0.480 e. The number of carboxylic acids is 2. The molecule has 0 fully saturated rings. The standard InChI is InChI=1S/C18H33NO9S/c20-16(19-14-17(21)22)13-11-9-7-5-3-1-2-4-6-8-10-12-15(18(23)24)28-29(25,26)27/h15H,1-14H2,(H,19,20)(H,21,22)(H,23,24)(H,25,26,27)/t15-/m1/s1. The molecule has 0 aliphatic carbocycles. The van der Waals surface area contributed by atoms with Crippen molar-refractivity contribution in [2.75, 3.05) is 6.54 Å². The van der Waals surface area contributed by atoms with Crippen molar-refractivity contribution in [2.45, 2.75) is 89.6 Å². The highest BCUT2D eigenvalue weighted by Crippen LogP contribution is 2.14. The van der Waals surface area contributed by atoms with Crippen molar-refractivity contribution in [3.63, 3.8) is 0 Å². The van der Waals surface area contributed by atoms with Gasteiger partial charge in [0.25, 0.3) is 0 Å². The molecule has 0 aromatic rings. The first-order valence-corrected chi connectivity index (χ1v) is 11.4. The Morgan fingerprint density at radius 1 is 0.793 bits per heavy atom. The quantitative estimate of drug-likeness (QED) is 0.174. The van der Waals surface area contributed by atoms with Crippen LogP contribution in [0.15, 0.2) is 0 Å². The fourth-order valence-corrected chi connectivity index (χ4v) is 3.30. The van der Waals surface area contributed by atoms with E-state index in [1.54, 1.807) is 0 Å². The molecule has 0 unspecified atom stereocenters. The number of aliphatic carboxylic acids is 2. The van der Waals surface area contributed by atoms with Crippen LogP contribution in [-0.2, 0) is 29.0 Å². The van der Waals surface area contributed by atoms with E-state index in [1.807, 2.05) is 0 Å². The number of carboxylic acid groups (broad SMARTS) is 2. The largest absolute Gasteiger partial charge is 0.480 e. The van der Waals surface area contributed by atoms with Crippen LogP contribution in [0.2, 0.25) is 0 Å². The Hall–Kier alpha value is -1.72. The summed E-state index contributed by atoms with van der Waals surface area (Å²) >= 11 is 0. The fraction of sp³-hybridized carbons (Fsp3) is 0.833. The summed E-state index contributed by atoms with van der Waals surface area (Å²) in [6, 6.07) is 0. The lowest BCUT2D eigenvalue weighted by Gasteiger charge is -2.10. The maximum absolute atomic E-state index is 11.3. The third kappa shape index (κ3) is 19.4. The average molecular weight is 440 g/mol. The minimum absolute atomic E-state index is 0.0312. The lowest BCUT2D eigenvalue weighted by Crippen LogP contribution is -2.28. The maximum atomic E-state index is 11.3. The van der Waals surface area contributed by atoms with E-state index in [2.05, 4.69) is 9.50 Å². The summed E-state index contributed by atoms with van der Waals surface area (Å²) in [5, 5.41) is 19.6. The molecule has 29 heavy (non-hydrogen) atoms. The second-order valence-corrected chi connectivity index (χ2v) is 8.00. The van der Waals surface area contributed by atoms with Gasteiger partial charge in [0.1, 0.15) is 6.54 Å². The van der Waals surface area contributed by atoms with Crippen LogP contribution in [-0.4, -0.2) is 53.7 Å². The van der Waals surface area contributed by atoms with E-state index < -0.39 is 28.4 Å². The van der Waals surface area contributed by atoms with E-state index in [1.165, 1.54) is 0 Å². The molecular formula is C18H33NO9S. The topological polar surface area (TPSA) is 167 Å². The van der Waals surface area contributed by atoms with Crippen molar-refractivity contribution in [1.82, 2.24) is 5.32 Å². The van der Waals surface area contributed by atoms with Crippen LogP contribution in [0.25, 0.3) is 0 Å². The van der Waals surface area contributed by atoms with Gasteiger partial charge in [-0.1, -0.05) is 64.2 Å². The van der Waals surface area contributed by atoms with Gasteiger partial charge in [0.2, 0.25) is 5.91 Å². The number of nitrogens with one attached hydrogen (secondary N) is 1. The van der Waals surface area contributed by atoms with Gasteiger partial charge in [-0.25, -0.2) is 8.98 Å². The predicted octanol–water partition coefficient (Wildman–Crippen LogP) is 2.53. The Bertz CT molecular complexity index is 592. The predicted molar refractivity (Wildman–Crippen MR) is 105 cm³/mol. The highest BCUT2D eigenvalue weighted by atomic mass is 32.3. The highest BCUT2D eigenvalue weighted by Gasteiger charge is 2.23. The third-order valence-electron chi connectivity index (χ3n) is 4.32. The normalized spacial score (nSPS) is 12.4. The molecule has 1 amide bonds. The van der Waals surface area contributed by atoms with Crippen LogP contribution < -0.4 is 5.32 Å². The summed E-state index contributed by atoms with van der Waals surface area (Å²) in [5.41, 5.74) is 0. The molecule has 0 aliphatic rings. The third-order valence-corrected chi connectivity index (χ3v) is 4.80. The fourth-order valence-electron chi connectivity index (χ4n) is 2.83. The minimum atomic E-state index is -4.77. The monoisotopic (exact) mass is 439 g/mol. The summed E-state index contributed by atoms with van der Waals surface area (Å²) in [6.45, 7) is -0.336. The van der Waals surface area contributed by atoms with Gasteiger partial charge in [-0.3, -0.25) is 14.1 Å². The molecule has 0 aromatic heterocycles. The number of hydrogen-bond acceptors (Lipinski definition) is 6. The molecule has 0 radical (unpaired) electrons. The van der Waals surface area contributed by atoms with E-state index in [-0.39, 0.29) is 18.9 Å². The van der Waals surface area contributed by atoms with E-state index in [0.717, 1.165) is 64.2 Å². The Kier molecular flexibility index (Phi) is 15.2. The van der Waals surface area contributed by atoms with Crippen LogP contribution in [0.3, 0.4) is 0 Å². The Labute approximate surface area is 172 Å². The summed E-state index contributed by atoms with van der Waals surface area (Å²) in [6.07, 6.45) is 9.14. The van der Waals surface area contributed by atoms with Gasteiger partial charge < -0.3 is 15.5 Å². The number of rotatable bonds is 19. The maximum Gasteiger partial charge on any atom is 0.398 e. The zero-order valence-electron chi connectivity index (χ0n) is 16.7. The molecule has 4 N–H and O–H groups in total. The van der Waals surface area contributed by atoms with E-state index in [9.17, 15) is 22.8 Å². The molecule has 0 heterocycles. The zero-order chi connectivity index (χ0) is 22.1. The van der Waals surface area contributed by atoms with Crippen LogP contribution >= 0.6 is 0 Å². The second kappa shape index (κ2) is 16.1. The SMILES string of the molecule is O=C(O)CNC(=O)CCCCCCCCCCCCC[C@@H](OS(=O)(=O)O)C(=O)O. The van der Waals surface area contributed by atoms with E-state index >= 15 is 0 Å². The van der Waals surface area contributed by atoms with Crippen LogP contribution in [0.4, 0.5) is 0 Å². The summed E-state index contributed by atoms with van der Waals surface area (Å²) in [5.74, 6) is -2.69. The number of carbonyl (C=O) groups is 3. The molecule has 0 aromatic carbocycles. The van der Waals surface area contributed by atoms with Crippen LogP contribution in [0.1, 0.15) is 83.5 Å². The molecule has 11 heteroatoms. The van der Waals surface area contributed by atoms with Crippen molar-refractivity contribution < 1.29 is 41.8 Å². The highest BCUT2D eigenvalue weighted by molar-refractivity contribution is 7.80. The van der Waals surface area contributed by atoms with Crippen molar-refractivity contribution in [3.8, 4) is 0 Å². The van der Waals surface area contributed by atoms with E-state index in [4.69, 9.17) is 14.8 Å². The zero-order valence-corrected chi connectivity index (χ0v) is 17.5. The first-order valence-electron chi connectivity index (χ1n) is 9.99. The Morgan fingerprint density at radius 2 is 1.24 bits per heavy atom. The van der Waals surface area contributed by atoms with Gasteiger partial charge in [-0.2, -0.15) is 8.42 Å². The van der Waals surface area contributed by atoms with Crippen molar-refractivity contribution >= 4 is 28.2 Å². The number of amides is 1. The van der Waals surface area contributed by atoms with Gasteiger partial charge in [0, 0.05) is 6.42 Å². The van der Waals surface area contributed by atoms with Gasteiger partial charge in [0.15, 0.2) is 6.10 Å². The number of carbonyl (C=O) groups excluding carboxylic acids is 1. The average Bonchev–Trinajstić information content (AvgIpc) is 2.61. The molecule has 0 bridgehead atoms. The van der Waals surface area contributed by atoms with Crippen LogP contribution in [0, 0.1) is 0 Å². The molecule has 0 aliphatic heterocycles. The molecule has 170 valence electrons. The van der Waals surface area contributed by atoms with Crippen molar-refractivity contribution in [1.29, 1.82) is 0 Å². The molecule has 0 saturated heterocycles. The number of unbranched alkanes of at least 4 members (excludes halogenated alkanes) is 10. The summed E-state index contributed by atoms with van der Waals surface area (Å²) < 4.78 is 33.8. The van der Waals surface area contributed by atoms with Gasteiger partial charge >= 0.3 is 22.3 Å². The molecule has 0 rings (SSSR count). The summed E-state index contributed by atoms with van der Waals surface area (Å²) in [4.78, 5) is 32.5. The van der Waals surface area contributed by atoms with Crippen molar-refractivity contribution in [2.24, 2.45) is 0 Å². The lowest BCUT2D eigenvalue weighted by molar-refractivity contribution is -0.145.